The van der Waals surface area contributed by atoms with Crippen LogP contribution in [0.25, 0.3) is 11.3 Å². The van der Waals surface area contributed by atoms with E-state index in [1.54, 1.807) is 19.1 Å². The second-order valence-corrected chi connectivity index (χ2v) is 6.49. The number of nitrogens with one attached hydrogen (secondary N) is 1. The van der Waals surface area contributed by atoms with Crippen molar-refractivity contribution in [3.63, 3.8) is 0 Å². The zero-order chi connectivity index (χ0) is 18.7. The predicted octanol–water partition coefficient (Wildman–Crippen LogP) is 4.16. The van der Waals surface area contributed by atoms with Crippen molar-refractivity contribution in [1.29, 1.82) is 0 Å². The molecule has 1 aromatic heterocycles. The average Bonchev–Trinajstić information content (AvgIpc) is 2.61. The minimum atomic E-state index is -0.381. The smallest absolute Gasteiger partial charge is 0.254 e. The molecule has 1 amide bonds. The summed E-state index contributed by atoms with van der Waals surface area (Å²) in [5.74, 6) is 0.0717. The molecule has 0 radical (unpaired) electrons. The monoisotopic (exact) mass is 387 g/mol. The molecule has 0 aliphatic heterocycles. The SMILES string of the molecule is Cc1nc(-c2ccccc2)cc(=O)n1CC(=O)Nc1ccc(Cl)cc1Cl. The van der Waals surface area contributed by atoms with E-state index in [0.717, 1.165) is 5.56 Å². The van der Waals surface area contributed by atoms with E-state index in [9.17, 15) is 9.59 Å². The first kappa shape index (κ1) is 18.2. The number of carbonyl (C=O) groups is 1. The van der Waals surface area contributed by atoms with Crippen molar-refractivity contribution >= 4 is 34.8 Å². The Balaban J connectivity index is 1.81. The maximum Gasteiger partial charge on any atom is 0.254 e. The number of nitrogens with zero attached hydrogens (tertiary/aromatic N) is 2. The lowest BCUT2D eigenvalue weighted by Gasteiger charge is -2.12. The molecule has 132 valence electrons. The summed E-state index contributed by atoms with van der Waals surface area (Å²) in [6.07, 6.45) is 0. The first-order chi connectivity index (χ1) is 12.4. The molecule has 0 spiro atoms. The van der Waals surface area contributed by atoms with Gasteiger partial charge in [0.15, 0.2) is 0 Å². The van der Waals surface area contributed by atoms with E-state index < -0.39 is 0 Å². The van der Waals surface area contributed by atoms with Gasteiger partial charge < -0.3 is 5.32 Å². The molecule has 0 atom stereocenters. The minimum Gasteiger partial charge on any atom is -0.323 e. The second kappa shape index (κ2) is 7.72. The minimum absolute atomic E-state index is 0.161. The number of hydrogen-bond acceptors (Lipinski definition) is 3. The summed E-state index contributed by atoms with van der Waals surface area (Å²) < 4.78 is 1.31. The molecule has 3 aromatic rings. The topological polar surface area (TPSA) is 64.0 Å². The summed E-state index contributed by atoms with van der Waals surface area (Å²) in [7, 11) is 0. The number of anilines is 1. The largest absolute Gasteiger partial charge is 0.323 e. The summed E-state index contributed by atoms with van der Waals surface area (Å²) in [6, 6.07) is 15.6. The number of aryl methyl sites for hydroxylation is 1. The number of carbonyl (C=O) groups excluding carboxylic acids is 1. The lowest BCUT2D eigenvalue weighted by Crippen LogP contribution is -2.29. The van der Waals surface area contributed by atoms with Gasteiger partial charge in [0.1, 0.15) is 12.4 Å². The first-order valence-electron chi connectivity index (χ1n) is 7.83. The van der Waals surface area contributed by atoms with Gasteiger partial charge in [0.2, 0.25) is 5.91 Å². The molecule has 0 aliphatic rings. The van der Waals surface area contributed by atoms with Crippen LogP contribution in [0.3, 0.4) is 0 Å². The molecule has 0 aliphatic carbocycles. The van der Waals surface area contributed by atoms with Crippen LogP contribution in [-0.2, 0) is 11.3 Å². The van der Waals surface area contributed by atoms with E-state index >= 15 is 0 Å². The van der Waals surface area contributed by atoms with Gasteiger partial charge in [-0.2, -0.15) is 0 Å². The zero-order valence-electron chi connectivity index (χ0n) is 13.9. The van der Waals surface area contributed by atoms with Gasteiger partial charge in [-0.1, -0.05) is 53.5 Å². The van der Waals surface area contributed by atoms with Crippen molar-refractivity contribution in [3.05, 3.63) is 80.8 Å². The Morgan fingerprint density at radius 3 is 2.50 bits per heavy atom. The van der Waals surface area contributed by atoms with Crippen LogP contribution in [0.15, 0.2) is 59.4 Å². The van der Waals surface area contributed by atoms with Crippen molar-refractivity contribution in [2.75, 3.05) is 5.32 Å². The highest BCUT2D eigenvalue weighted by molar-refractivity contribution is 6.36. The Bertz CT molecular complexity index is 1020. The fourth-order valence-corrected chi connectivity index (χ4v) is 2.95. The maximum atomic E-state index is 12.4. The quantitative estimate of drug-likeness (QED) is 0.730. The van der Waals surface area contributed by atoms with Crippen LogP contribution < -0.4 is 10.9 Å². The Labute approximate surface area is 160 Å². The normalized spacial score (nSPS) is 10.6. The third kappa shape index (κ3) is 4.12. The number of halogens is 2. The van der Waals surface area contributed by atoms with E-state index in [0.29, 0.717) is 27.3 Å². The molecule has 0 fully saturated rings. The van der Waals surface area contributed by atoms with Crippen LogP contribution in [0, 0.1) is 6.92 Å². The van der Waals surface area contributed by atoms with E-state index in [2.05, 4.69) is 10.3 Å². The molecule has 5 nitrogen and oxygen atoms in total. The van der Waals surface area contributed by atoms with Crippen molar-refractivity contribution in [2.45, 2.75) is 13.5 Å². The molecule has 1 heterocycles. The van der Waals surface area contributed by atoms with Gasteiger partial charge in [-0.25, -0.2) is 4.98 Å². The molecule has 0 saturated carbocycles. The van der Waals surface area contributed by atoms with Crippen LogP contribution in [0.1, 0.15) is 5.82 Å². The molecule has 0 unspecified atom stereocenters. The number of aromatic nitrogens is 2. The molecule has 0 bridgehead atoms. The summed E-state index contributed by atoms with van der Waals surface area (Å²) in [5.41, 5.74) is 1.55. The summed E-state index contributed by atoms with van der Waals surface area (Å²) in [4.78, 5) is 29.2. The third-order valence-electron chi connectivity index (χ3n) is 3.78. The van der Waals surface area contributed by atoms with Gasteiger partial charge in [0, 0.05) is 16.7 Å². The molecule has 0 saturated heterocycles. The Kier molecular flexibility index (Phi) is 5.40. The molecule has 1 N–H and O–H groups in total. The first-order valence-corrected chi connectivity index (χ1v) is 8.58. The maximum absolute atomic E-state index is 12.4. The standard InChI is InChI=1S/C19H15Cl2N3O2/c1-12-22-17(13-5-3-2-4-6-13)10-19(26)24(12)11-18(25)23-16-8-7-14(20)9-15(16)21/h2-10H,11H2,1H3,(H,23,25). The van der Waals surface area contributed by atoms with Crippen molar-refractivity contribution < 1.29 is 4.79 Å². The van der Waals surface area contributed by atoms with E-state index in [1.807, 2.05) is 30.3 Å². The van der Waals surface area contributed by atoms with E-state index in [1.165, 1.54) is 16.7 Å². The Hall–Kier alpha value is -2.63. The van der Waals surface area contributed by atoms with Crippen LogP contribution in [0.5, 0.6) is 0 Å². The number of hydrogen-bond donors (Lipinski definition) is 1. The van der Waals surface area contributed by atoms with Gasteiger partial charge in [0.05, 0.1) is 16.4 Å². The predicted molar refractivity (Wildman–Crippen MR) is 104 cm³/mol. The molecule has 2 aromatic carbocycles. The van der Waals surface area contributed by atoms with Crippen molar-refractivity contribution in [1.82, 2.24) is 9.55 Å². The molecular formula is C19H15Cl2N3O2. The summed E-state index contributed by atoms with van der Waals surface area (Å²) in [5, 5.41) is 3.47. The zero-order valence-corrected chi connectivity index (χ0v) is 15.4. The van der Waals surface area contributed by atoms with Crippen molar-refractivity contribution in [2.24, 2.45) is 0 Å². The fraction of sp³-hybridized carbons (Fsp3) is 0.105. The average molecular weight is 388 g/mol. The highest BCUT2D eigenvalue weighted by atomic mass is 35.5. The number of amides is 1. The Morgan fingerprint density at radius 1 is 1.12 bits per heavy atom. The van der Waals surface area contributed by atoms with Gasteiger partial charge in [0.25, 0.3) is 5.56 Å². The summed E-state index contributed by atoms with van der Waals surface area (Å²) >= 11 is 11.9. The van der Waals surface area contributed by atoms with Gasteiger partial charge in [-0.05, 0) is 25.1 Å². The fourth-order valence-electron chi connectivity index (χ4n) is 2.49. The van der Waals surface area contributed by atoms with E-state index in [4.69, 9.17) is 23.2 Å². The lowest BCUT2D eigenvalue weighted by atomic mass is 10.1. The number of benzene rings is 2. The highest BCUT2D eigenvalue weighted by Crippen LogP contribution is 2.25. The lowest BCUT2D eigenvalue weighted by molar-refractivity contribution is -0.116. The Morgan fingerprint density at radius 2 is 1.85 bits per heavy atom. The summed E-state index contributed by atoms with van der Waals surface area (Å²) in [6.45, 7) is 1.53. The van der Waals surface area contributed by atoms with Crippen LogP contribution in [-0.4, -0.2) is 15.5 Å². The third-order valence-corrected chi connectivity index (χ3v) is 4.32. The molecule has 3 rings (SSSR count). The molecular weight excluding hydrogens is 373 g/mol. The number of rotatable bonds is 4. The van der Waals surface area contributed by atoms with Crippen LogP contribution in [0.2, 0.25) is 10.0 Å². The van der Waals surface area contributed by atoms with Gasteiger partial charge in [-0.15, -0.1) is 0 Å². The van der Waals surface area contributed by atoms with Crippen LogP contribution in [0.4, 0.5) is 5.69 Å². The molecule has 26 heavy (non-hydrogen) atoms. The van der Waals surface area contributed by atoms with Gasteiger partial charge >= 0.3 is 0 Å². The molecule has 7 heteroatoms. The van der Waals surface area contributed by atoms with Crippen LogP contribution >= 0.6 is 23.2 Å². The second-order valence-electron chi connectivity index (χ2n) is 5.65. The van der Waals surface area contributed by atoms with Gasteiger partial charge in [-0.3, -0.25) is 14.2 Å². The van der Waals surface area contributed by atoms with Crippen molar-refractivity contribution in [3.8, 4) is 11.3 Å². The van der Waals surface area contributed by atoms with E-state index in [-0.39, 0.29) is 18.0 Å². The highest BCUT2D eigenvalue weighted by Gasteiger charge is 2.12.